The van der Waals surface area contributed by atoms with Gasteiger partial charge in [-0.05, 0) is 39.0 Å². The summed E-state index contributed by atoms with van der Waals surface area (Å²) in [5.41, 5.74) is 4.78. The lowest BCUT2D eigenvalue weighted by Crippen LogP contribution is -2.36. The lowest BCUT2D eigenvalue weighted by Gasteiger charge is -2.19. The molecule has 0 saturated heterocycles. The molecule has 0 aliphatic carbocycles. The van der Waals surface area contributed by atoms with Gasteiger partial charge in [-0.15, -0.1) is 0 Å². The van der Waals surface area contributed by atoms with Crippen molar-refractivity contribution in [2.24, 2.45) is 0 Å². The Morgan fingerprint density at radius 2 is 2.05 bits per heavy atom. The number of carbonyl (C=O) groups excluding carboxylic acids is 2. The molecule has 1 heterocycles. The zero-order valence-electron chi connectivity index (χ0n) is 11.2. The first-order valence-electron chi connectivity index (χ1n) is 5.69. The molecule has 1 aromatic rings. The Morgan fingerprint density at radius 3 is 2.53 bits per heavy atom. The number of hydrogen-bond donors (Lipinski definition) is 2. The minimum atomic E-state index is -0.611. The molecule has 1 rings (SSSR count). The SMILES string of the molecule is C=CC(=O)c1ccc(NNC(=O)OC(C)(C)C)nc1. The van der Waals surface area contributed by atoms with Gasteiger partial charge in [0.1, 0.15) is 11.4 Å². The quantitative estimate of drug-likeness (QED) is 0.495. The van der Waals surface area contributed by atoms with Crippen molar-refractivity contribution in [1.82, 2.24) is 10.4 Å². The molecule has 1 aromatic heterocycles. The molecule has 0 aliphatic heterocycles. The Kier molecular flexibility index (Phi) is 4.63. The summed E-state index contributed by atoms with van der Waals surface area (Å²) in [6.07, 6.45) is 1.99. The second kappa shape index (κ2) is 5.99. The molecule has 0 aromatic carbocycles. The summed E-state index contributed by atoms with van der Waals surface area (Å²) in [6, 6.07) is 3.14. The summed E-state index contributed by atoms with van der Waals surface area (Å²) in [4.78, 5) is 26.6. The number of rotatable bonds is 4. The zero-order valence-corrected chi connectivity index (χ0v) is 11.2. The summed E-state index contributed by atoms with van der Waals surface area (Å²) in [6.45, 7) is 8.68. The fourth-order valence-corrected chi connectivity index (χ4v) is 1.15. The van der Waals surface area contributed by atoms with Gasteiger partial charge in [-0.1, -0.05) is 6.58 Å². The van der Waals surface area contributed by atoms with Crippen LogP contribution < -0.4 is 10.9 Å². The van der Waals surface area contributed by atoms with Crippen LogP contribution in [-0.4, -0.2) is 22.5 Å². The highest BCUT2D eigenvalue weighted by Crippen LogP contribution is 2.07. The molecule has 2 N–H and O–H groups in total. The Balaban J connectivity index is 2.53. The van der Waals surface area contributed by atoms with Crippen LogP contribution in [0.2, 0.25) is 0 Å². The van der Waals surface area contributed by atoms with Gasteiger partial charge in [0.05, 0.1) is 0 Å². The van der Waals surface area contributed by atoms with Crippen LogP contribution in [0.1, 0.15) is 31.1 Å². The number of ether oxygens (including phenoxy) is 1. The number of ketones is 1. The van der Waals surface area contributed by atoms with E-state index >= 15 is 0 Å². The second-order valence-corrected chi connectivity index (χ2v) is 4.75. The lowest BCUT2D eigenvalue weighted by molar-refractivity contribution is 0.0540. The van der Waals surface area contributed by atoms with Gasteiger partial charge in [0.25, 0.3) is 0 Å². The van der Waals surface area contributed by atoms with E-state index in [9.17, 15) is 9.59 Å². The number of hydrazine groups is 1. The third-order valence-electron chi connectivity index (χ3n) is 1.92. The van der Waals surface area contributed by atoms with E-state index in [0.29, 0.717) is 11.4 Å². The van der Waals surface area contributed by atoms with Gasteiger partial charge in [-0.2, -0.15) is 0 Å². The van der Waals surface area contributed by atoms with Gasteiger partial charge in [-0.3, -0.25) is 10.2 Å². The minimum absolute atomic E-state index is 0.209. The van der Waals surface area contributed by atoms with E-state index in [1.165, 1.54) is 12.3 Å². The van der Waals surface area contributed by atoms with Gasteiger partial charge >= 0.3 is 6.09 Å². The van der Waals surface area contributed by atoms with Crippen molar-refractivity contribution in [3.8, 4) is 0 Å². The second-order valence-electron chi connectivity index (χ2n) is 4.75. The molecule has 0 atom stereocenters. The number of allylic oxidation sites excluding steroid dienone is 1. The number of nitrogens with one attached hydrogen (secondary N) is 2. The molecule has 102 valence electrons. The Morgan fingerprint density at radius 1 is 1.37 bits per heavy atom. The summed E-state index contributed by atoms with van der Waals surface area (Å²) < 4.78 is 5.03. The lowest BCUT2D eigenvalue weighted by atomic mass is 10.2. The van der Waals surface area contributed by atoms with Crippen LogP contribution in [0, 0.1) is 0 Å². The molecule has 0 aliphatic rings. The third kappa shape index (κ3) is 5.20. The highest BCUT2D eigenvalue weighted by Gasteiger charge is 2.15. The predicted molar refractivity (Wildman–Crippen MR) is 71.8 cm³/mol. The minimum Gasteiger partial charge on any atom is -0.443 e. The molecule has 0 fully saturated rings. The molecule has 0 spiro atoms. The highest BCUT2D eigenvalue weighted by molar-refractivity contribution is 6.03. The van der Waals surface area contributed by atoms with Crippen LogP contribution in [0.4, 0.5) is 10.6 Å². The number of aromatic nitrogens is 1. The normalized spacial score (nSPS) is 10.5. The number of anilines is 1. The van der Waals surface area contributed by atoms with Crippen LogP contribution in [0.25, 0.3) is 0 Å². The number of carbonyl (C=O) groups is 2. The van der Waals surface area contributed by atoms with Crippen molar-refractivity contribution < 1.29 is 14.3 Å². The molecule has 19 heavy (non-hydrogen) atoms. The number of hydrogen-bond acceptors (Lipinski definition) is 5. The summed E-state index contributed by atoms with van der Waals surface area (Å²) in [7, 11) is 0. The Labute approximate surface area is 111 Å². The number of amides is 1. The van der Waals surface area contributed by atoms with E-state index in [-0.39, 0.29) is 5.78 Å². The van der Waals surface area contributed by atoms with Crippen molar-refractivity contribution >= 4 is 17.7 Å². The van der Waals surface area contributed by atoms with Crippen LogP contribution in [0.3, 0.4) is 0 Å². The maximum atomic E-state index is 11.4. The first-order chi connectivity index (χ1) is 8.81. The fourth-order valence-electron chi connectivity index (χ4n) is 1.15. The summed E-state index contributed by atoms with van der Waals surface area (Å²) in [5, 5.41) is 0. The van der Waals surface area contributed by atoms with Crippen LogP contribution >= 0.6 is 0 Å². The average molecular weight is 263 g/mol. The molecule has 6 heteroatoms. The van der Waals surface area contributed by atoms with Crippen LogP contribution in [0.5, 0.6) is 0 Å². The van der Waals surface area contributed by atoms with Crippen molar-refractivity contribution in [2.75, 3.05) is 5.43 Å². The molecule has 6 nitrogen and oxygen atoms in total. The molecule has 0 saturated carbocycles. The molecule has 0 bridgehead atoms. The average Bonchev–Trinajstić information content (AvgIpc) is 2.34. The maximum absolute atomic E-state index is 11.4. The fraction of sp³-hybridized carbons (Fsp3) is 0.308. The van der Waals surface area contributed by atoms with Crippen LogP contribution in [-0.2, 0) is 4.74 Å². The predicted octanol–water partition coefficient (Wildman–Crippen LogP) is 2.30. The van der Waals surface area contributed by atoms with Gasteiger partial charge in [0.2, 0.25) is 0 Å². The largest absolute Gasteiger partial charge is 0.443 e. The van der Waals surface area contributed by atoms with E-state index in [2.05, 4.69) is 22.4 Å². The molecule has 1 amide bonds. The third-order valence-corrected chi connectivity index (χ3v) is 1.92. The summed E-state index contributed by atoms with van der Waals surface area (Å²) in [5.74, 6) is 0.186. The monoisotopic (exact) mass is 263 g/mol. The van der Waals surface area contributed by atoms with Crippen molar-refractivity contribution in [3.05, 3.63) is 36.5 Å². The molecular formula is C13H17N3O3. The first-order valence-corrected chi connectivity index (χ1v) is 5.69. The maximum Gasteiger partial charge on any atom is 0.426 e. The zero-order chi connectivity index (χ0) is 14.5. The number of pyridine rings is 1. The van der Waals surface area contributed by atoms with E-state index in [0.717, 1.165) is 0 Å². The molecule has 0 radical (unpaired) electrons. The van der Waals surface area contributed by atoms with Gasteiger partial charge in [0, 0.05) is 11.8 Å². The van der Waals surface area contributed by atoms with Crippen molar-refractivity contribution in [3.63, 3.8) is 0 Å². The van der Waals surface area contributed by atoms with Gasteiger partial charge in [0.15, 0.2) is 5.78 Å². The Bertz CT molecular complexity index is 475. The van der Waals surface area contributed by atoms with E-state index in [1.807, 2.05) is 0 Å². The van der Waals surface area contributed by atoms with Gasteiger partial charge in [-0.25, -0.2) is 15.2 Å². The van der Waals surface area contributed by atoms with E-state index in [1.54, 1.807) is 32.9 Å². The topological polar surface area (TPSA) is 80.3 Å². The number of nitrogens with zero attached hydrogens (tertiary/aromatic N) is 1. The van der Waals surface area contributed by atoms with Crippen molar-refractivity contribution in [1.29, 1.82) is 0 Å². The van der Waals surface area contributed by atoms with E-state index < -0.39 is 11.7 Å². The smallest absolute Gasteiger partial charge is 0.426 e. The van der Waals surface area contributed by atoms with E-state index in [4.69, 9.17) is 4.74 Å². The Hall–Kier alpha value is -2.37. The standard InChI is InChI=1S/C13H17N3O3/c1-5-10(17)9-6-7-11(14-8-9)15-16-12(18)19-13(2,3)4/h5-8H,1H2,2-4H3,(H,14,15)(H,16,18). The summed E-state index contributed by atoms with van der Waals surface area (Å²) >= 11 is 0. The molecule has 0 unspecified atom stereocenters. The van der Waals surface area contributed by atoms with Gasteiger partial charge < -0.3 is 4.74 Å². The molecular weight excluding hydrogens is 246 g/mol. The first kappa shape index (κ1) is 14.7. The van der Waals surface area contributed by atoms with Crippen molar-refractivity contribution in [2.45, 2.75) is 26.4 Å². The van der Waals surface area contributed by atoms with Crippen LogP contribution in [0.15, 0.2) is 31.0 Å². The highest BCUT2D eigenvalue weighted by atomic mass is 16.6.